The molecular weight excluding hydrogens is 301 g/mol. The Kier molecular flexibility index (Phi) is 4.43. The van der Waals surface area contributed by atoms with E-state index in [9.17, 15) is 4.39 Å². The average Bonchev–Trinajstić information content (AvgIpc) is 2.75. The normalized spacial score (nSPS) is 10.8. The van der Waals surface area contributed by atoms with Gasteiger partial charge >= 0.3 is 0 Å². The summed E-state index contributed by atoms with van der Waals surface area (Å²) in [5.41, 5.74) is 0.631. The zero-order valence-corrected chi connectivity index (χ0v) is 11.5. The minimum absolute atomic E-state index is 0.209. The molecule has 6 heteroatoms. The molecule has 96 valence electrons. The van der Waals surface area contributed by atoms with Crippen LogP contribution in [0.1, 0.15) is 17.3 Å². The van der Waals surface area contributed by atoms with E-state index in [1.54, 1.807) is 19.1 Å². The van der Waals surface area contributed by atoms with E-state index >= 15 is 0 Å². The van der Waals surface area contributed by atoms with Crippen LogP contribution in [0.2, 0.25) is 0 Å². The first-order chi connectivity index (χ1) is 8.65. The molecule has 1 aromatic heterocycles. The highest BCUT2D eigenvalue weighted by Gasteiger charge is 2.04. The molecule has 0 aliphatic heterocycles. The molecule has 0 bridgehead atoms. The van der Waals surface area contributed by atoms with Gasteiger partial charge in [0.25, 0.3) is 0 Å². The highest BCUT2D eigenvalue weighted by Crippen LogP contribution is 2.15. The summed E-state index contributed by atoms with van der Waals surface area (Å²) < 4.78 is 19.3. The Morgan fingerprint density at radius 2 is 2.28 bits per heavy atom. The molecule has 2 rings (SSSR count). The molecular formula is C12H13BrFN3O. The lowest BCUT2D eigenvalue weighted by atomic mass is 10.2. The summed E-state index contributed by atoms with van der Waals surface area (Å²) in [5.74, 6) is 1.01. The third-order valence-corrected chi connectivity index (χ3v) is 2.90. The van der Waals surface area contributed by atoms with Gasteiger partial charge in [-0.1, -0.05) is 21.1 Å². The SMILES string of the molecule is Cc1noc(CCNCc2cc(Br)ccc2F)n1. The van der Waals surface area contributed by atoms with Crippen LogP contribution in [0.5, 0.6) is 0 Å². The molecule has 0 spiro atoms. The maximum absolute atomic E-state index is 13.4. The van der Waals surface area contributed by atoms with Crippen molar-refractivity contribution in [2.24, 2.45) is 0 Å². The third kappa shape index (κ3) is 3.61. The van der Waals surface area contributed by atoms with Gasteiger partial charge in [0.15, 0.2) is 5.82 Å². The molecule has 0 amide bonds. The number of aryl methyl sites for hydroxylation is 1. The summed E-state index contributed by atoms with van der Waals surface area (Å²) in [7, 11) is 0. The molecule has 0 saturated carbocycles. The summed E-state index contributed by atoms with van der Waals surface area (Å²) in [4.78, 5) is 4.09. The monoisotopic (exact) mass is 313 g/mol. The van der Waals surface area contributed by atoms with E-state index in [4.69, 9.17) is 4.52 Å². The molecule has 0 aliphatic rings. The maximum atomic E-state index is 13.4. The zero-order chi connectivity index (χ0) is 13.0. The molecule has 0 aliphatic carbocycles. The van der Waals surface area contributed by atoms with Crippen LogP contribution in [0.15, 0.2) is 27.2 Å². The minimum atomic E-state index is -0.209. The van der Waals surface area contributed by atoms with Crippen LogP contribution < -0.4 is 5.32 Å². The smallest absolute Gasteiger partial charge is 0.227 e. The number of nitrogens with one attached hydrogen (secondary N) is 1. The van der Waals surface area contributed by atoms with Crippen molar-refractivity contribution in [3.8, 4) is 0 Å². The molecule has 18 heavy (non-hydrogen) atoms. The van der Waals surface area contributed by atoms with Crippen molar-refractivity contribution < 1.29 is 8.91 Å². The van der Waals surface area contributed by atoms with Gasteiger partial charge in [0.1, 0.15) is 5.82 Å². The second-order valence-corrected chi connectivity index (χ2v) is 4.81. The lowest BCUT2D eigenvalue weighted by Gasteiger charge is -2.05. The van der Waals surface area contributed by atoms with Crippen LogP contribution in [0.4, 0.5) is 4.39 Å². The first kappa shape index (κ1) is 13.2. The summed E-state index contributed by atoms with van der Waals surface area (Å²) in [5, 5.41) is 6.84. The van der Waals surface area contributed by atoms with E-state index in [1.165, 1.54) is 6.07 Å². The largest absolute Gasteiger partial charge is 0.339 e. The maximum Gasteiger partial charge on any atom is 0.227 e. The van der Waals surface area contributed by atoms with E-state index in [-0.39, 0.29) is 5.82 Å². The number of aromatic nitrogens is 2. The number of rotatable bonds is 5. The van der Waals surface area contributed by atoms with E-state index in [0.29, 0.717) is 36.8 Å². The van der Waals surface area contributed by atoms with Crippen molar-refractivity contribution in [1.29, 1.82) is 0 Å². The second-order valence-electron chi connectivity index (χ2n) is 3.90. The molecule has 1 aromatic carbocycles. The lowest BCUT2D eigenvalue weighted by Crippen LogP contribution is -2.17. The number of nitrogens with zero attached hydrogens (tertiary/aromatic N) is 2. The van der Waals surface area contributed by atoms with Crippen molar-refractivity contribution in [3.63, 3.8) is 0 Å². The minimum Gasteiger partial charge on any atom is -0.339 e. The predicted molar refractivity (Wildman–Crippen MR) is 68.5 cm³/mol. The average molecular weight is 314 g/mol. The summed E-state index contributed by atoms with van der Waals surface area (Å²) in [6, 6.07) is 4.89. The summed E-state index contributed by atoms with van der Waals surface area (Å²) in [6.07, 6.45) is 0.635. The Bertz CT molecular complexity index is 530. The van der Waals surface area contributed by atoms with E-state index in [0.717, 1.165) is 4.47 Å². The first-order valence-corrected chi connectivity index (χ1v) is 6.38. The van der Waals surface area contributed by atoms with Gasteiger partial charge < -0.3 is 9.84 Å². The van der Waals surface area contributed by atoms with E-state index in [1.807, 2.05) is 0 Å². The topological polar surface area (TPSA) is 51.0 Å². The van der Waals surface area contributed by atoms with Crippen LogP contribution >= 0.6 is 15.9 Å². The highest BCUT2D eigenvalue weighted by atomic mass is 79.9. The summed E-state index contributed by atoms with van der Waals surface area (Å²) in [6.45, 7) is 2.91. The number of hydrogen-bond acceptors (Lipinski definition) is 4. The van der Waals surface area contributed by atoms with E-state index in [2.05, 4.69) is 31.4 Å². The van der Waals surface area contributed by atoms with Crippen LogP contribution in [-0.2, 0) is 13.0 Å². The Balaban J connectivity index is 1.80. The van der Waals surface area contributed by atoms with Crippen molar-refractivity contribution in [2.75, 3.05) is 6.54 Å². The molecule has 1 N–H and O–H groups in total. The molecule has 0 fully saturated rings. The fraction of sp³-hybridized carbons (Fsp3) is 0.333. The zero-order valence-electron chi connectivity index (χ0n) is 9.91. The number of benzene rings is 1. The highest BCUT2D eigenvalue weighted by molar-refractivity contribution is 9.10. The Hall–Kier alpha value is -1.27. The first-order valence-electron chi connectivity index (χ1n) is 5.59. The van der Waals surface area contributed by atoms with Gasteiger partial charge in [-0.3, -0.25) is 0 Å². The van der Waals surface area contributed by atoms with Crippen molar-refractivity contribution >= 4 is 15.9 Å². The fourth-order valence-electron chi connectivity index (χ4n) is 1.54. The quantitative estimate of drug-likeness (QED) is 0.862. The van der Waals surface area contributed by atoms with Gasteiger partial charge in [-0.25, -0.2) is 4.39 Å². The standard InChI is InChI=1S/C12H13BrFN3O/c1-8-16-12(18-17-8)4-5-15-7-9-6-10(13)2-3-11(9)14/h2-3,6,15H,4-5,7H2,1H3. The van der Waals surface area contributed by atoms with E-state index < -0.39 is 0 Å². The van der Waals surface area contributed by atoms with Gasteiger partial charge in [-0.15, -0.1) is 0 Å². The van der Waals surface area contributed by atoms with Gasteiger partial charge in [-0.2, -0.15) is 4.98 Å². The van der Waals surface area contributed by atoms with Gasteiger partial charge in [-0.05, 0) is 25.1 Å². The Morgan fingerprint density at radius 1 is 1.44 bits per heavy atom. The molecule has 4 nitrogen and oxygen atoms in total. The fourth-order valence-corrected chi connectivity index (χ4v) is 1.95. The van der Waals surface area contributed by atoms with Crippen LogP contribution in [0.25, 0.3) is 0 Å². The lowest BCUT2D eigenvalue weighted by molar-refractivity contribution is 0.372. The molecule has 1 heterocycles. The molecule has 0 atom stereocenters. The molecule has 0 unspecified atom stereocenters. The van der Waals surface area contributed by atoms with Gasteiger partial charge in [0.2, 0.25) is 5.89 Å². The molecule has 0 radical (unpaired) electrons. The second kappa shape index (κ2) is 6.06. The Labute approximate surface area is 113 Å². The van der Waals surface area contributed by atoms with Crippen molar-refractivity contribution in [3.05, 3.63) is 45.8 Å². The Morgan fingerprint density at radius 3 is 3.00 bits per heavy atom. The van der Waals surface area contributed by atoms with Gasteiger partial charge in [0.05, 0.1) is 0 Å². The third-order valence-electron chi connectivity index (χ3n) is 2.41. The number of hydrogen-bond donors (Lipinski definition) is 1. The van der Waals surface area contributed by atoms with Crippen molar-refractivity contribution in [2.45, 2.75) is 19.9 Å². The predicted octanol–water partition coefficient (Wildman–Crippen LogP) is 2.61. The number of halogens is 2. The summed E-state index contributed by atoms with van der Waals surface area (Å²) >= 11 is 3.32. The van der Waals surface area contributed by atoms with Gasteiger partial charge in [0, 0.05) is 29.5 Å². The van der Waals surface area contributed by atoms with Crippen molar-refractivity contribution in [1.82, 2.24) is 15.5 Å². The van der Waals surface area contributed by atoms with Crippen LogP contribution in [0.3, 0.4) is 0 Å². The van der Waals surface area contributed by atoms with Crippen LogP contribution in [-0.4, -0.2) is 16.7 Å². The molecule has 0 saturated heterocycles. The van der Waals surface area contributed by atoms with Crippen LogP contribution in [0, 0.1) is 12.7 Å². The molecule has 2 aromatic rings.